The number of anilines is 2. The standard InChI is InChI=1S/C27H20ClF4N5O2S/c28-16-4-1-3-15(9-16)13-35-23(38)19-6-5-17(11-21(19)29)37-25(40)36(24(39)26(37)7-2-8-26)18-10-20(27(30,31)32)22(12-33)34-14-18/h1,3-6,9-11,14,25,40H,2,7-8,13H2,(H,35,38). The van der Waals surface area contributed by atoms with Crippen molar-refractivity contribution in [2.24, 2.45) is 0 Å². The fourth-order valence-electron chi connectivity index (χ4n) is 5.02. The summed E-state index contributed by atoms with van der Waals surface area (Å²) in [7, 11) is 0. The Morgan fingerprint density at radius 1 is 1.20 bits per heavy atom. The molecule has 2 aromatic carbocycles. The molecule has 1 unspecified atom stereocenters. The highest BCUT2D eigenvalue weighted by molar-refractivity contribution is 7.81. The first kappa shape index (κ1) is 27.7. The van der Waals surface area contributed by atoms with Crippen molar-refractivity contribution in [1.29, 1.82) is 5.26 Å². The van der Waals surface area contributed by atoms with Crippen LogP contribution in [0.15, 0.2) is 54.7 Å². The topological polar surface area (TPSA) is 89.3 Å². The maximum absolute atomic E-state index is 15.2. The van der Waals surface area contributed by atoms with Gasteiger partial charge >= 0.3 is 6.18 Å². The van der Waals surface area contributed by atoms with Gasteiger partial charge < -0.3 is 10.2 Å². The Morgan fingerprint density at radius 3 is 2.55 bits per heavy atom. The normalized spacial score (nSPS) is 18.0. The lowest BCUT2D eigenvalue weighted by Gasteiger charge is -2.44. The Hall–Kier alpha value is -3.82. The number of amides is 2. The van der Waals surface area contributed by atoms with Crippen LogP contribution in [-0.4, -0.2) is 27.8 Å². The molecule has 1 spiro atoms. The molecule has 1 saturated carbocycles. The second kappa shape index (κ2) is 10.3. The van der Waals surface area contributed by atoms with E-state index in [2.05, 4.69) is 22.9 Å². The number of alkyl halides is 3. The number of nitriles is 1. The van der Waals surface area contributed by atoms with E-state index in [9.17, 15) is 22.8 Å². The monoisotopic (exact) mass is 589 g/mol. The summed E-state index contributed by atoms with van der Waals surface area (Å²) in [5, 5.41) is 12.2. The number of aromatic nitrogens is 1. The molecule has 13 heteroatoms. The van der Waals surface area contributed by atoms with Crippen molar-refractivity contribution in [3.63, 3.8) is 0 Å². The lowest BCUT2D eigenvalue weighted by molar-refractivity contribution is -0.138. The molecule has 2 heterocycles. The smallest absolute Gasteiger partial charge is 0.348 e. The van der Waals surface area contributed by atoms with Crippen LogP contribution in [0.5, 0.6) is 0 Å². The van der Waals surface area contributed by atoms with Gasteiger partial charge in [0.25, 0.3) is 11.8 Å². The van der Waals surface area contributed by atoms with Crippen LogP contribution >= 0.6 is 24.2 Å². The number of rotatable bonds is 5. The Balaban J connectivity index is 1.44. The Bertz CT molecular complexity index is 1560. The molecular formula is C27H20ClF4N5O2S. The van der Waals surface area contributed by atoms with E-state index in [1.165, 1.54) is 18.2 Å². The van der Waals surface area contributed by atoms with Gasteiger partial charge in [-0.3, -0.25) is 14.5 Å². The molecule has 1 saturated heterocycles. The minimum Gasteiger partial charge on any atom is -0.348 e. The van der Waals surface area contributed by atoms with Gasteiger partial charge in [0.15, 0.2) is 11.2 Å². The van der Waals surface area contributed by atoms with E-state index in [1.807, 2.05) is 0 Å². The molecular weight excluding hydrogens is 570 g/mol. The van der Waals surface area contributed by atoms with Crippen molar-refractivity contribution in [3.8, 4) is 6.07 Å². The predicted molar refractivity (Wildman–Crippen MR) is 142 cm³/mol. The second-order valence-corrected chi connectivity index (χ2v) is 10.4. The number of carbonyl (C=O) groups is 2. The van der Waals surface area contributed by atoms with Crippen LogP contribution in [0.1, 0.15) is 46.4 Å². The van der Waals surface area contributed by atoms with Crippen molar-refractivity contribution in [3.05, 3.63) is 88.0 Å². The van der Waals surface area contributed by atoms with Crippen LogP contribution in [0.3, 0.4) is 0 Å². The number of hydrogen-bond acceptors (Lipinski definition) is 6. The van der Waals surface area contributed by atoms with Crippen molar-refractivity contribution < 1.29 is 27.2 Å². The zero-order chi connectivity index (χ0) is 28.8. The first-order chi connectivity index (χ1) is 19.0. The highest BCUT2D eigenvalue weighted by Gasteiger charge is 2.60. The summed E-state index contributed by atoms with van der Waals surface area (Å²) in [6, 6.07) is 12.8. The zero-order valence-corrected chi connectivity index (χ0v) is 22.2. The van der Waals surface area contributed by atoms with Gasteiger partial charge in [-0.15, -0.1) is 12.6 Å². The number of benzene rings is 2. The summed E-state index contributed by atoms with van der Waals surface area (Å²) in [5.74, 6) is -2.02. The second-order valence-electron chi connectivity index (χ2n) is 9.45. The lowest BCUT2D eigenvalue weighted by Crippen LogP contribution is -2.55. The molecule has 40 heavy (non-hydrogen) atoms. The Labute approximate surface area is 236 Å². The SMILES string of the molecule is N#Cc1ncc(N2C(=O)C3(CCC3)N(c3ccc(C(=O)NCc4cccc(Cl)c4)c(F)c3)C2S)cc1C(F)(F)F. The van der Waals surface area contributed by atoms with Crippen molar-refractivity contribution >= 4 is 47.4 Å². The molecule has 5 rings (SSSR count). The number of hydrogen-bond donors (Lipinski definition) is 2. The maximum atomic E-state index is 15.2. The van der Waals surface area contributed by atoms with Gasteiger partial charge in [0.1, 0.15) is 17.4 Å². The molecule has 1 N–H and O–H groups in total. The highest BCUT2D eigenvalue weighted by atomic mass is 35.5. The average molecular weight is 590 g/mol. The molecule has 3 aromatic rings. The van der Waals surface area contributed by atoms with Crippen LogP contribution in [0.4, 0.5) is 28.9 Å². The minimum absolute atomic E-state index is 0.122. The third-order valence-electron chi connectivity index (χ3n) is 7.10. The average Bonchev–Trinajstić information content (AvgIpc) is 3.13. The maximum Gasteiger partial charge on any atom is 0.419 e. The summed E-state index contributed by atoms with van der Waals surface area (Å²) in [4.78, 5) is 32.5. The fraction of sp³-hybridized carbons (Fsp3) is 0.259. The van der Waals surface area contributed by atoms with Gasteiger partial charge in [0, 0.05) is 17.3 Å². The first-order valence-electron chi connectivity index (χ1n) is 12.1. The van der Waals surface area contributed by atoms with Crippen molar-refractivity contribution in [2.75, 3.05) is 9.80 Å². The number of halogens is 5. The van der Waals surface area contributed by atoms with Crippen LogP contribution < -0.4 is 15.1 Å². The van der Waals surface area contributed by atoms with Crippen LogP contribution in [-0.2, 0) is 17.5 Å². The first-order valence-corrected chi connectivity index (χ1v) is 13.0. The molecule has 1 aromatic heterocycles. The third-order valence-corrected chi connectivity index (χ3v) is 7.80. The molecule has 1 aliphatic carbocycles. The molecule has 7 nitrogen and oxygen atoms in total. The third kappa shape index (κ3) is 4.73. The van der Waals surface area contributed by atoms with Gasteiger partial charge in [-0.25, -0.2) is 9.37 Å². The predicted octanol–water partition coefficient (Wildman–Crippen LogP) is 5.68. The molecule has 1 aliphatic heterocycles. The summed E-state index contributed by atoms with van der Waals surface area (Å²) >= 11 is 10.5. The van der Waals surface area contributed by atoms with Crippen LogP contribution in [0, 0.1) is 17.1 Å². The van der Waals surface area contributed by atoms with E-state index >= 15 is 4.39 Å². The summed E-state index contributed by atoms with van der Waals surface area (Å²) in [6.07, 6.45) is -2.44. The Morgan fingerprint density at radius 2 is 1.95 bits per heavy atom. The van der Waals surface area contributed by atoms with Crippen LogP contribution in [0.2, 0.25) is 5.02 Å². The van der Waals surface area contributed by atoms with E-state index in [1.54, 1.807) is 29.2 Å². The van der Waals surface area contributed by atoms with Gasteiger partial charge in [0.05, 0.1) is 23.0 Å². The molecule has 2 amide bonds. The van der Waals surface area contributed by atoms with Crippen LogP contribution in [0.25, 0.3) is 0 Å². The van der Waals surface area contributed by atoms with Gasteiger partial charge in [-0.1, -0.05) is 23.7 Å². The zero-order valence-electron chi connectivity index (χ0n) is 20.5. The summed E-state index contributed by atoms with van der Waals surface area (Å²) in [6.45, 7) is 0.122. The van der Waals surface area contributed by atoms with E-state index in [0.29, 0.717) is 30.4 Å². The molecule has 2 aliphatic rings. The van der Waals surface area contributed by atoms with Gasteiger partial charge in [0.2, 0.25) is 0 Å². The van der Waals surface area contributed by atoms with Crippen molar-refractivity contribution in [2.45, 2.75) is 43.0 Å². The summed E-state index contributed by atoms with van der Waals surface area (Å²) < 4.78 is 56.0. The minimum atomic E-state index is -4.87. The molecule has 1 atom stereocenters. The highest BCUT2D eigenvalue weighted by Crippen LogP contribution is 2.50. The van der Waals surface area contributed by atoms with Gasteiger partial charge in [-0.2, -0.15) is 18.4 Å². The number of pyridine rings is 1. The number of carbonyl (C=O) groups excluding carboxylic acids is 2. The largest absolute Gasteiger partial charge is 0.419 e. The van der Waals surface area contributed by atoms with E-state index in [-0.39, 0.29) is 23.5 Å². The quantitative estimate of drug-likeness (QED) is 0.295. The molecule has 0 bridgehead atoms. The lowest BCUT2D eigenvalue weighted by atomic mass is 9.75. The molecule has 2 fully saturated rings. The van der Waals surface area contributed by atoms with E-state index in [4.69, 9.17) is 16.9 Å². The van der Waals surface area contributed by atoms with Crippen molar-refractivity contribution in [1.82, 2.24) is 10.3 Å². The Kier molecular flexibility index (Phi) is 7.14. The number of nitrogens with zero attached hydrogens (tertiary/aromatic N) is 4. The number of thiol groups is 1. The molecule has 0 radical (unpaired) electrons. The van der Waals surface area contributed by atoms with E-state index < -0.39 is 46.1 Å². The summed E-state index contributed by atoms with van der Waals surface area (Å²) in [5.41, 5.74) is -3.81. The van der Waals surface area contributed by atoms with Gasteiger partial charge in [-0.05, 0) is 61.2 Å². The van der Waals surface area contributed by atoms with E-state index in [0.717, 1.165) is 22.7 Å². The fourth-order valence-corrected chi connectivity index (χ4v) is 5.82. The number of nitrogens with one attached hydrogen (secondary N) is 1. The molecule has 206 valence electrons.